The summed E-state index contributed by atoms with van der Waals surface area (Å²) in [5.74, 6) is -1.10. The Hall–Kier alpha value is -2.37. The van der Waals surface area contributed by atoms with Gasteiger partial charge in [0, 0.05) is 25.2 Å². The number of piperazine rings is 1. The molecule has 1 fully saturated rings. The number of carbonyl (C=O) groups is 2. The molecule has 0 unspecified atom stereocenters. The van der Waals surface area contributed by atoms with E-state index in [2.05, 4.69) is 5.32 Å². The Bertz CT molecular complexity index is 513. The molecule has 4 N–H and O–H groups in total. The van der Waals surface area contributed by atoms with Gasteiger partial charge in [-0.3, -0.25) is 15.0 Å². The van der Waals surface area contributed by atoms with Crippen LogP contribution in [0, 0.1) is 5.41 Å². The standard InChI is InChI=1S/C12H14N4O2/c13-10(14)9-3-1-2-8(6-9)7-16-5-4-15-11(17)12(16)18/h1-3,6H,4-5,7H2,(H3,13,14)(H,15,17). The first kappa shape index (κ1) is 12.1. The van der Waals surface area contributed by atoms with Crippen LogP contribution in [0.2, 0.25) is 0 Å². The van der Waals surface area contributed by atoms with Crippen LogP contribution >= 0.6 is 0 Å². The topological polar surface area (TPSA) is 99.3 Å². The average molecular weight is 246 g/mol. The van der Waals surface area contributed by atoms with Crippen molar-refractivity contribution >= 4 is 17.6 Å². The second-order valence-electron chi connectivity index (χ2n) is 4.10. The Labute approximate surface area is 104 Å². The van der Waals surface area contributed by atoms with Crippen LogP contribution in [0.5, 0.6) is 0 Å². The van der Waals surface area contributed by atoms with Crippen LogP contribution in [0.1, 0.15) is 11.1 Å². The zero-order valence-electron chi connectivity index (χ0n) is 9.77. The highest BCUT2D eigenvalue weighted by atomic mass is 16.2. The summed E-state index contributed by atoms with van der Waals surface area (Å²) >= 11 is 0. The van der Waals surface area contributed by atoms with Crippen LogP contribution < -0.4 is 11.1 Å². The lowest BCUT2D eigenvalue weighted by Crippen LogP contribution is -2.51. The minimum Gasteiger partial charge on any atom is -0.384 e. The fraction of sp³-hybridized carbons (Fsp3) is 0.250. The summed E-state index contributed by atoms with van der Waals surface area (Å²) in [4.78, 5) is 24.3. The van der Waals surface area contributed by atoms with Crippen LogP contribution in [-0.4, -0.2) is 35.6 Å². The molecule has 18 heavy (non-hydrogen) atoms. The molecular formula is C12H14N4O2. The Morgan fingerprint density at radius 2 is 2.22 bits per heavy atom. The summed E-state index contributed by atoms with van der Waals surface area (Å²) in [5.41, 5.74) is 6.87. The highest BCUT2D eigenvalue weighted by molar-refractivity contribution is 6.35. The van der Waals surface area contributed by atoms with E-state index in [1.807, 2.05) is 6.07 Å². The van der Waals surface area contributed by atoms with Crippen LogP contribution in [0.15, 0.2) is 24.3 Å². The molecule has 94 valence electrons. The van der Waals surface area contributed by atoms with Crippen molar-refractivity contribution in [3.8, 4) is 0 Å². The van der Waals surface area contributed by atoms with Crippen molar-refractivity contribution in [2.45, 2.75) is 6.54 Å². The number of amidine groups is 1. The lowest BCUT2D eigenvalue weighted by Gasteiger charge is -2.26. The van der Waals surface area contributed by atoms with Crippen molar-refractivity contribution in [2.75, 3.05) is 13.1 Å². The van der Waals surface area contributed by atoms with Gasteiger partial charge in [-0.25, -0.2) is 0 Å². The van der Waals surface area contributed by atoms with Gasteiger partial charge in [0.05, 0.1) is 0 Å². The average Bonchev–Trinajstić information content (AvgIpc) is 2.35. The molecule has 1 aromatic carbocycles. The monoisotopic (exact) mass is 246 g/mol. The second-order valence-corrected chi connectivity index (χ2v) is 4.10. The van der Waals surface area contributed by atoms with Gasteiger partial charge in [0.15, 0.2) is 0 Å². The van der Waals surface area contributed by atoms with Crippen molar-refractivity contribution in [1.29, 1.82) is 5.41 Å². The number of carbonyl (C=O) groups excluding carboxylic acids is 2. The second kappa shape index (κ2) is 4.87. The Morgan fingerprint density at radius 3 is 2.94 bits per heavy atom. The quantitative estimate of drug-likeness (QED) is 0.378. The fourth-order valence-electron chi connectivity index (χ4n) is 1.83. The lowest BCUT2D eigenvalue weighted by molar-refractivity contribution is -0.148. The lowest BCUT2D eigenvalue weighted by atomic mass is 10.1. The van der Waals surface area contributed by atoms with Gasteiger partial charge in [-0.2, -0.15) is 0 Å². The zero-order chi connectivity index (χ0) is 13.1. The van der Waals surface area contributed by atoms with Crippen molar-refractivity contribution in [2.24, 2.45) is 5.73 Å². The maximum Gasteiger partial charge on any atom is 0.312 e. The third-order valence-corrected chi connectivity index (χ3v) is 2.76. The zero-order valence-corrected chi connectivity index (χ0v) is 9.77. The molecule has 2 rings (SSSR count). The van der Waals surface area contributed by atoms with E-state index in [4.69, 9.17) is 11.1 Å². The van der Waals surface area contributed by atoms with Gasteiger partial charge in [0.25, 0.3) is 0 Å². The number of nitrogens with two attached hydrogens (primary N) is 1. The highest BCUT2D eigenvalue weighted by Gasteiger charge is 2.25. The molecule has 0 spiro atoms. The third kappa shape index (κ3) is 2.48. The normalized spacial score (nSPS) is 15.4. The van der Waals surface area contributed by atoms with Gasteiger partial charge in [0.2, 0.25) is 0 Å². The Morgan fingerprint density at radius 1 is 1.44 bits per heavy atom. The number of benzene rings is 1. The molecule has 0 aromatic heterocycles. The molecule has 1 aromatic rings. The maximum atomic E-state index is 11.6. The molecule has 0 radical (unpaired) electrons. The highest BCUT2D eigenvalue weighted by Crippen LogP contribution is 2.09. The first-order chi connectivity index (χ1) is 8.58. The number of nitrogens with one attached hydrogen (secondary N) is 2. The van der Waals surface area contributed by atoms with Crippen LogP contribution in [0.3, 0.4) is 0 Å². The summed E-state index contributed by atoms with van der Waals surface area (Å²) in [5, 5.41) is 9.85. The molecule has 0 atom stereocenters. The van der Waals surface area contributed by atoms with Crippen LogP contribution in [0.4, 0.5) is 0 Å². The van der Waals surface area contributed by atoms with E-state index in [1.54, 1.807) is 18.2 Å². The van der Waals surface area contributed by atoms with Crippen molar-refractivity contribution in [3.63, 3.8) is 0 Å². The minimum absolute atomic E-state index is 0.0143. The summed E-state index contributed by atoms with van der Waals surface area (Å²) in [6, 6.07) is 7.10. The maximum absolute atomic E-state index is 11.6. The predicted octanol–water partition coefficient (Wildman–Crippen LogP) is -0.571. The van der Waals surface area contributed by atoms with Gasteiger partial charge in [-0.15, -0.1) is 0 Å². The number of nitrogens with zero attached hydrogens (tertiary/aromatic N) is 1. The summed E-state index contributed by atoms with van der Waals surface area (Å²) in [6.45, 7) is 1.32. The van der Waals surface area contributed by atoms with Crippen LogP contribution in [-0.2, 0) is 16.1 Å². The molecular weight excluding hydrogens is 232 g/mol. The summed E-state index contributed by atoms with van der Waals surface area (Å²) in [6.07, 6.45) is 0. The molecule has 0 saturated carbocycles. The van der Waals surface area contributed by atoms with Crippen molar-refractivity contribution in [3.05, 3.63) is 35.4 Å². The van der Waals surface area contributed by atoms with E-state index >= 15 is 0 Å². The number of hydrogen-bond donors (Lipinski definition) is 3. The SMILES string of the molecule is N=C(N)c1cccc(CN2CCNC(=O)C2=O)c1. The number of rotatable bonds is 3. The van der Waals surface area contributed by atoms with Crippen molar-refractivity contribution in [1.82, 2.24) is 10.2 Å². The Balaban J connectivity index is 2.13. The van der Waals surface area contributed by atoms with Crippen molar-refractivity contribution < 1.29 is 9.59 Å². The first-order valence-electron chi connectivity index (χ1n) is 5.58. The number of amides is 2. The molecule has 1 aliphatic rings. The van der Waals surface area contributed by atoms with E-state index in [0.717, 1.165) is 5.56 Å². The van der Waals surface area contributed by atoms with E-state index in [0.29, 0.717) is 25.2 Å². The van der Waals surface area contributed by atoms with E-state index in [9.17, 15) is 9.59 Å². The van der Waals surface area contributed by atoms with Gasteiger partial charge >= 0.3 is 11.8 Å². The molecule has 0 aliphatic carbocycles. The van der Waals surface area contributed by atoms with Gasteiger partial charge in [0.1, 0.15) is 5.84 Å². The molecule has 1 aliphatic heterocycles. The Kier molecular flexibility index (Phi) is 3.27. The van der Waals surface area contributed by atoms with E-state index in [-0.39, 0.29) is 5.84 Å². The fourth-order valence-corrected chi connectivity index (χ4v) is 1.83. The minimum atomic E-state index is -0.566. The molecule has 0 bridgehead atoms. The van der Waals surface area contributed by atoms with E-state index in [1.165, 1.54) is 4.90 Å². The van der Waals surface area contributed by atoms with Crippen LogP contribution in [0.25, 0.3) is 0 Å². The van der Waals surface area contributed by atoms with E-state index < -0.39 is 11.8 Å². The smallest absolute Gasteiger partial charge is 0.312 e. The van der Waals surface area contributed by atoms with Gasteiger partial charge in [-0.05, 0) is 11.6 Å². The van der Waals surface area contributed by atoms with Gasteiger partial charge in [-0.1, -0.05) is 18.2 Å². The summed E-state index contributed by atoms with van der Waals surface area (Å²) < 4.78 is 0. The number of hydrogen-bond acceptors (Lipinski definition) is 3. The summed E-state index contributed by atoms with van der Waals surface area (Å²) in [7, 11) is 0. The number of nitrogen functional groups attached to an aromatic ring is 1. The molecule has 6 heteroatoms. The largest absolute Gasteiger partial charge is 0.384 e. The molecule has 1 heterocycles. The first-order valence-corrected chi connectivity index (χ1v) is 5.58. The molecule has 1 saturated heterocycles. The predicted molar refractivity (Wildman–Crippen MR) is 65.9 cm³/mol. The molecule has 2 amide bonds. The molecule has 6 nitrogen and oxygen atoms in total. The van der Waals surface area contributed by atoms with Gasteiger partial charge < -0.3 is 16.0 Å². The third-order valence-electron chi connectivity index (χ3n) is 2.76.